The Morgan fingerprint density at radius 3 is 2.83 bits per heavy atom. The molecule has 1 aliphatic rings. The summed E-state index contributed by atoms with van der Waals surface area (Å²) >= 11 is 0. The van der Waals surface area contributed by atoms with Gasteiger partial charge in [-0.1, -0.05) is 18.2 Å². The van der Waals surface area contributed by atoms with Gasteiger partial charge in [0.1, 0.15) is 6.04 Å². The van der Waals surface area contributed by atoms with Crippen LogP contribution in [0.2, 0.25) is 0 Å². The molecule has 1 saturated carbocycles. The molecule has 3 rings (SSSR count). The van der Waals surface area contributed by atoms with Crippen molar-refractivity contribution in [3.8, 4) is 0 Å². The molecule has 1 heterocycles. The van der Waals surface area contributed by atoms with E-state index >= 15 is 0 Å². The van der Waals surface area contributed by atoms with Crippen molar-refractivity contribution in [1.82, 2.24) is 4.98 Å². The summed E-state index contributed by atoms with van der Waals surface area (Å²) < 4.78 is 0. The van der Waals surface area contributed by atoms with Crippen LogP contribution in [-0.4, -0.2) is 22.1 Å². The summed E-state index contributed by atoms with van der Waals surface area (Å²) in [4.78, 5) is 14.3. The maximum Gasteiger partial charge on any atom is 0.321 e. The molecule has 0 saturated heterocycles. The largest absolute Gasteiger partial charge is 0.480 e. The molecule has 1 aromatic carbocycles. The Labute approximate surface area is 105 Å². The van der Waals surface area contributed by atoms with E-state index in [2.05, 4.69) is 11.1 Å². The smallest absolute Gasteiger partial charge is 0.321 e. The highest BCUT2D eigenvalue weighted by Gasteiger charge is 2.51. The molecule has 1 fully saturated rings. The Kier molecular flexibility index (Phi) is 2.41. The van der Waals surface area contributed by atoms with Crippen molar-refractivity contribution < 1.29 is 9.90 Å². The third kappa shape index (κ3) is 1.69. The number of carboxylic acids is 1. The molecule has 4 N–H and O–H groups in total. The minimum absolute atomic E-state index is 0.239. The fourth-order valence-corrected chi connectivity index (χ4v) is 2.68. The van der Waals surface area contributed by atoms with E-state index in [0.29, 0.717) is 0 Å². The van der Waals surface area contributed by atoms with Crippen molar-refractivity contribution in [3.05, 3.63) is 36.0 Å². The number of aliphatic carboxylic acids is 1. The van der Waals surface area contributed by atoms with E-state index in [1.807, 2.05) is 24.4 Å². The maximum absolute atomic E-state index is 11.0. The molecule has 2 aromatic rings. The van der Waals surface area contributed by atoms with E-state index in [0.717, 1.165) is 24.8 Å². The summed E-state index contributed by atoms with van der Waals surface area (Å²) in [5, 5.41) is 10.2. The van der Waals surface area contributed by atoms with E-state index in [1.54, 1.807) is 0 Å². The molecule has 0 aliphatic heterocycles. The number of hydrogen-bond acceptors (Lipinski definition) is 2. The summed E-state index contributed by atoms with van der Waals surface area (Å²) in [7, 11) is 0. The zero-order valence-electron chi connectivity index (χ0n) is 10.0. The number of fused-ring (bicyclic) bond motifs is 1. The number of aromatic nitrogens is 1. The third-order valence-corrected chi connectivity index (χ3v) is 4.04. The summed E-state index contributed by atoms with van der Waals surface area (Å²) in [6, 6.07) is 7.31. The van der Waals surface area contributed by atoms with Gasteiger partial charge in [0.2, 0.25) is 0 Å². The van der Waals surface area contributed by atoms with Crippen LogP contribution < -0.4 is 5.73 Å². The van der Waals surface area contributed by atoms with Crippen LogP contribution in [0.25, 0.3) is 10.9 Å². The van der Waals surface area contributed by atoms with Gasteiger partial charge in [-0.25, -0.2) is 0 Å². The molecule has 4 heteroatoms. The molecule has 0 bridgehead atoms. The molecule has 4 nitrogen and oxygen atoms in total. The van der Waals surface area contributed by atoms with Crippen LogP contribution in [0.1, 0.15) is 18.4 Å². The van der Waals surface area contributed by atoms with Crippen LogP contribution in [0.15, 0.2) is 30.5 Å². The summed E-state index contributed by atoms with van der Waals surface area (Å²) in [5.41, 5.74) is 7.82. The van der Waals surface area contributed by atoms with Crippen molar-refractivity contribution in [2.45, 2.75) is 25.3 Å². The number of carbonyl (C=O) groups is 1. The number of hydrogen-bond donors (Lipinski definition) is 3. The highest BCUT2D eigenvalue weighted by atomic mass is 16.4. The average molecular weight is 244 g/mol. The molecule has 1 aliphatic carbocycles. The molecular formula is C14H16N2O2. The quantitative estimate of drug-likeness (QED) is 0.768. The van der Waals surface area contributed by atoms with E-state index in [-0.39, 0.29) is 5.41 Å². The predicted molar refractivity (Wildman–Crippen MR) is 69.3 cm³/mol. The van der Waals surface area contributed by atoms with Crippen molar-refractivity contribution >= 4 is 16.9 Å². The van der Waals surface area contributed by atoms with Gasteiger partial charge in [-0.15, -0.1) is 0 Å². The highest BCUT2D eigenvalue weighted by molar-refractivity contribution is 5.83. The summed E-state index contributed by atoms with van der Waals surface area (Å²) in [6.07, 6.45) is 4.52. The Morgan fingerprint density at radius 2 is 2.17 bits per heavy atom. The lowest BCUT2D eigenvalue weighted by molar-refractivity contribution is -0.140. The Morgan fingerprint density at radius 1 is 1.44 bits per heavy atom. The molecule has 0 spiro atoms. The molecular weight excluding hydrogens is 228 g/mol. The van der Waals surface area contributed by atoms with Crippen LogP contribution in [0.5, 0.6) is 0 Å². The topological polar surface area (TPSA) is 79.1 Å². The van der Waals surface area contributed by atoms with Gasteiger partial charge in [-0.3, -0.25) is 4.79 Å². The first-order valence-electron chi connectivity index (χ1n) is 6.16. The first-order chi connectivity index (χ1) is 8.62. The molecule has 1 atom stereocenters. The van der Waals surface area contributed by atoms with Crippen LogP contribution >= 0.6 is 0 Å². The maximum atomic E-state index is 11.0. The Hall–Kier alpha value is -1.81. The molecule has 0 radical (unpaired) electrons. The van der Waals surface area contributed by atoms with Crippen LogP contribution in [-0.2, 0) is 11.2 Å². The monoisotopic (exact) mass is 244 g/mol. The summed E-state index contributed by atoms with van der Waals surface area (Å²) in [5.74, 6) is -0.896. The number of rotatable bonds is 4. The SMILES string of the molecule is NC(C(=O)O)C1(Cc2c[nH]c3ccccc23)CC1. The number of nitrogens with two attached hydrogens (primary N) is 1. The minimum Gasteiger partial charge on any atom is -0.480 e. The van der Waals surface area contributed by atoms with Gasteiger partial charge in [0.15, 0.2) is 0 Å². The average Bonchev–Trinajstić information content (AvgIpc) is 3.04. The van der Waals surface area contributed by atoms with Gasteiger partial charge < -0.3 is 15.8 Å². The number of para-hydroxylation sites is 1. The van der Waals surface area contributed by atoms with Gasteiger partial charge in [0.05, 0.1) is 0 Å². The fraction of sp³-hybridized carbons (Fsp3) is 0.357. The van der Waals surface area contributed by atoms with Gasteiger partial charge in [-0.05, 0) is 30.9 Å². The van der Waals surface area contributed by atoms with Crippen molar-refractivity contribution in [3.63, 3.8) is 0 Å². The number of benzene rings is 1. The molecule has 18 heavy (non-hydrogen) atoms. The summed E-state index contributed by atoms with van der Waals surface area (Å²) in [6.45, 7) is 0. The lowest BCUT2D eigenvalue weighted by atomic mass is 9.89. The van der Waals surface area contributed by atoms with Crippen LogP contribution in [0, 0.1) is 5.41 Å². The van der Waals surface area contributed by atoms with E-state index in [9.17, 15) is 4.79 Å². The lowest BCUT2D eigenvalue weighted by Crippen LogP contribution is -2.40. The third-order valence-electron chi connectivity index (χ3n) is 4.04. The Bertz CT molecular complexity index is 599. The predicted octanol–water partition coefficient (Wildman–Crippen LogP) is 1.90. The molecule has 94 valence electrons. The number of carboxylic acid groups (broad SMARTS) is 1. The second-order valence-corrected chi connectivity index (χ2v) is 5.21. The zero-order chi connectivity index (χ0) is 12.8. The Balaban J connectivity index is 1.91. The van der Waals surface area contributed by atoms with E-state index < -0.39 is 12.0 Å². The fourth-order valence-electron chi connectivity index (χ4n) is 2.68. The van der Waals surface area contributed by atoms with Crippen molar-refractivity contribution in [1.29, 1.82) is 0 Å². The van der Waals surface area contributed by atoms with Gasteiger partial charge in [0.25, 0.3) is 0 Å². The van der Waals surface area contributed by atoms with Crippen molar-refractivity contribution in [2.24, 2.45) is 11.1 Å². The van der Waals surface area contributed by atoms with Gasteiger partial charge >= 0.3 is 5.97 Å². The standard InChI is InChI=1S/C14H16N2O2/c15-12(13(17)18)14(5-6-14)7-9-8-16-11-4-2-1-3-10(9)11/h1-4,8,12,16H,5-7,15H2,(H,17,18). The minimum atomic E-state index is -0.896. The number of nitrogens with one attached hydrogen (secondary N) is 1. The van der Waals surface area contributed by atoms with Crippen molar-refractivity contribution in [2.75, 3.05) is 0 Å². The zero-order valence-corrected chi connectivity index (χ0v) is 10.0. The highest BCUT2D eigenvalue weighted by Crippen LogP contribution is 2.51. The van der Waals surface area contributed by atoms with Crippen LogP contribution in [0.3, 0.4) is 0 Å². The second-order valence-electron chi connectivity index (χ2n) is 5.21. The normalized spacial score (nSPS) is 18.7. The number of aromatic amines is 1. The second kappa shape index (κ2) is 3.85. The van der Waals surface area contributed by atoms with E-state index in [4.69, 9.17) is 10.8 Å². The van der Waals surface area contributed by atoms with Crippen LogP contribution in [0.4, 0.5) is 0 Å². The lowest BCUT2D eigenvalue weighted by Gasteiger charge is -2.19. The number of H-pyrrole nitrogens is 1. The molecule has 0 amide bonds. The van der Waals surface area contributed by atoms with Gasteiger partial charge in [-0.2, -0.15) is 0 Å². The molecule has 1 unspecified atom stereocenters. The first-order valence-corrected chi connectivity index (χ1v) is 6.16. The molecule has 1 aromatic heterocycles. The van der Waals surface area contributed by atoms with Gasteiger partial charge in [0, 0.05) is 22.5 Å². The first kappa shape index (κ1) is 11.3. The van der Waals surface area contributed by atoms with E-state index in [1.165, 1.54) is 10.9 Å².